The normalized spacial score (nSPS) is 12.6. The number of hydrogen-bond donors (Lipinski definition) is 0. The fourth-order valence-corrected chi connectivity index (χ4v) is 4.51. The summed E-state index contributed by atoms with van der Waals surface area (Å²) in [6, 6.07) is 22.7. The Morgan fingerprint density at radius 2 is 1.52 bits per heavy atom. The smallest absolute Gasteiger partial charge is 0.146 e. The van der Waals surface area contributed by atoms with E-state index in [0.29, 0.717) is 0 Å². The molecule has 3 aromatic carbocycles. The third-order valence-corrected chi connectivity index (χ3v) is 6.38. The predicted molar refractivity (Wildman–Crippen MR) is 107 cm³/mol. The molecule has 25 heavy (non-hydrogen) atoms. The van der Waals surface area contributed by atoms with Crippen LogP contribution in [0.5, 0.6) is 0 Å². The van der Waals surface area contributed by atoms with E-state index >= 15 is 0 Å². The molecule has 2 aromatic heterocycles. The Morgan fingerprint density at radius 3 is 2.32 bits per heavy atom. The quantitative estimate of drug-likeness (QED) is 0.315. The van der Waals surface area contributed by atoms with Crippen LogP contribution in [0.25, 0.3) is 38.4 Å². The molecule has 0 N–H and O–H groups in total. The summed E-state index contributed by atoms with van der Waals surface area (Å²) in [6.07, 6.45) is 0. The van der Waals surface area contributed by atoms with Gasteiger partial charge < -0.3 is 4.57 Å². The van der Waals surface area contributed by atoms with Gasteiger partial charge >= 0.3 is 0 Å². The van der Waals surface area contributed by atoms with Crippen LogP contribution in [-0.2, 0) is 4.57 Å². The molecule has 0 aliphatic rings. The minimum absolute atomic E-state index is 0.911. The molecule has 3 nitrogen and oxygen atoms in total. The van der Waals surface area contributed by atoms with Crippen LogP contribution >= 0.6 is 7.14 Å². The van der Waals surface area contributed by atoms with Gasteiger partial charge in [-0.2, -0.15) is 0 Å². The summed E-state index contributed by atoms with van der Waals surface area (Å²) < 4.78 is 14.8. The lowest BCUT2D eigenvalue weighted by atomic mass is 10.1. The first kappa shape index (κ1) is 14.7. The monoisotopic (exact) mass is 344 g/mol. The molecule has 0 radical (unpaired) electrons. The van der Waals surface area contributed by atoms with E-state index in [2.05, 4.69) is 34.7 Å². The molecule has 0 unspecified atom stereocenters. The molecule has 0 spiro atoms. The number of imidazole rings is 1. The van der Waals surface area contributed by atoms with Crippen molar-refractivity contribution >= 4 is 50.8 Å². The van der Waals surface area contributed by atoms with Gasteiger partial charge in [0.2, 0.25) is 0 Å². The highest BCUT2D eigenvalue weighted by Crippen LogP contribution is 2.38. The van der Waals surface area contributed by atoms with Crippen molar-refractivity contribution in [1.29, 1.82) is 0 Å². The van der Waals surface area contributed by atoms with Gasteiger partial charge in [-0.3, -0.25) is 4.40 Å². The Kier molecular flexibility index (Phi) is 2.90. The molecular weight excluding hydrogens is 327 g/mol. The summed E-state index contributed by atoms with van der Waals surface area (Å²) in [7, 11) is -2.32. The summed E-state index contributed by atoms with van der Waals surface area (Å²) in [5.41, 5.74) is 4.14. The molecule has 0 aliphatic heterocycles. The van der Waals surface area contributed by atoms with Crippen LogP contribution in [0.2, 0.25) is 0 Å². The van der Waals surface area contributed by atoms with E-state index in [0.717, 1.165) is 43.7 Å². The second kappa shape index (κ2) is 4.93. The molecule has 0 amide bonds. The Balaban J connectivity index is 2.11. The first-order valence-corrected chi connectivity index (χ1v) is 10.9. The van der Waals surface area contributed by atoms with Crippen LogP contribution in [0.1, 0.15) is 0 Å². The average molecular weight is 344 g/mol. The van der Waals surface area contributed by atoms with Crippen LogP contribution in [0.4, 0.5) is 0 Å². The number of para-hydroxylation sites is 2. The summed E-state index contributed by atoms with van der Waals surface area (Å²) in [4.78, 5) is 4.87. The van der Waals surface area contributed by atoms with Gasteiger partial charge in [0.25, 0.3) is 0 Å². The number of benzene rings is 3. The Bertz CT molecular complexity index is 1340. The molecule has 122 valence electrons. The lowest BCUT2D eigenvalue weighted by molar-refractivity contribution is 0.588. The van der Waals surface area contributed by atoms with Gasteiger partial charge in [-0.1, -0.05) is 36.4 Å². The molecule has 5 aromatic rings. The van der Waals surface area contributed by atoms with Crippen molar-refractivity contribution in [3.8, 4) is 0 Å². The SMILES string of the molecule is CP(C)(=O)c1ccc2c(c1)c1ccccc1c1nc3ccccc3n21. The molecule has 4 heteroatoms. The van der Waals surface area contributed by atoms with E-state index in [4.69, 9.17) is 4.98 Å². The van der Waals surface area contributed by atoms with Gasteiger partial charge in [-0.25, -0.2) is 4.98 Å². The van der Waals surface area contributed by atoms with Crippen molar-refractivity contribution in [2.75, 3.05) is 13.3 Å². The van der Waals surface area contributed by atoms with Crippen LogP contribution < -0.4 is 5.30 Å². The second-order valence-corrected chi connectivity index (χ2v) is 10.1. The topological polar surface area (TPSA) is 34.4 Å². The van der Waals surface area contributed by atoms with E-state index in [9.17, 15) is 4.57 Å². The number of nitrogens with zero attached hydrogens (tertiary/aromatic N) is 2. The summed E-state index contributed by atoms with van der Waals surface area (Å²) in [6.45, 7) is 3.64. The van der Waals surface area contributed by atoms with E-state index in [-0.39, 0.29) is 0 Å². The van der Waals surface area contributed by atoms with Crippen molar-refractivity contribution in [2.24, 2.45) is 0 Å². The maximum atomic E-state index is 12.6. The zero-order valence-electron chi connectivity index (χ0n) is 14.1. The maximum absolute atomic E-state index is 12.6. The van der Waals surface area contributed by atoms with Crippen molar-refractivity contribution in [3.63, 3.8) is 0 Å². The van der Waals surface area contributed by atoms with Gasteiger partial charge in [-0.05, 0) is 49.0 Å². The molecular formula is C21H17N2OP. The van der Waals surface area contributed by atoms with E-state index in [1.165, 1.54) is 0 Å². The summed E-state index contributed by atoms with van der Waals surface area (Å²) in [5, 5.41) is 4.29. The van der Waals surface area contributed by atoms with Crippen LogP contribution in [-0.4, -0.2) is 22.7 Å². The molecule has 0 saturated carbocycles. The third-order valence-electron chi connectivity index (χ3n) is 4.86. The first-order valence-electron chi connectivity index (χ1n) is 8.31. The number of aromatic nitrogens is 2. The van der Waals surface area contributed by atoms with Crippen LogP contribution in [0.3, 0.4) is 0 Å². The lowest BCUT2D eigenvalue weighted by Gasteiger charge is -2.12. The Morgan fingerprint density at radius 1 is 0.800 bits per heavy atom. The fraction of sp³-hybridized carbons (Fsp3) is 0.0952. The highest BCUT2D eigenvalue weighted by atomic mass is 31.2. The molecule has 0 bridgehead atoms. The fourth-order valence-electron chi connectivity index (χ4n) is 3.63. The lowest BCUT2D eigenvalue weighted by Crippen LogP contribution is -2.03. The Hall–Kier alpha value is -2.64. The first-order chi connectivity index (χ1) is 12.0. The standard InChI is InChI=1S/C21H17N2OP/c1-25(2,24)14-11-12-19-17(13-14)15-7-3-4-8-16(15)21-22-18-9-5-6-10-20(18)23(19)21/h3-13H,1-2H3. The average Bonchev–Trinajstić information content (AvgIpc) is 3.00. The molecule has 0 fully saturated rings. The molecule has 2 heterocycles. The largest absolute Gasteiger partial charge is 0.319 e. The van der Waals surface area contributed by atoms with Crippen molar-refractivity contribution in [2.45, 2.75) is 0 Å². The van der Waals surface area contributed by atoms with E-state index < -0.39 is 7.14 Å². The van der Waals surface area contributed by atoms with Crippen molar-refractivity contribution < 1.29 is 4.57 Å². The second-order valence-electron chi connectivity index (χ2n) is 6.86. The number of pyridine rings is 1. The van der Waals surface area contributed by atoms with Crippen LogP contribution in [0.15, 0.2) is 66.7 Å². The van der Waals surface area contributed by atoms with E-state index in [1.807, 2.05) is 49.7 Å². The molecule has 0 atom stereocenters. The molecule has 0 saturated heterocycles. The zero-order valence-corrected chi connectivity index (χ0v) is 15.0. The number of fused-ring (bicyclic) bond motifs is 8. The minimum atomic E-state index is -2.32. The minimum Gasteiger partial charge on any atom is -0.319 e. The number of hydrogen-bond acceptors (Lipinski definition) is 2. The van der Waals surface area contributed by atoms with Crippen molar-refractivity contribution in [1.82, 2.24) is 9.38 Å². The summed E-state index contributed by atoms with van der Waals surface area (Å²) >= 11 is 0. The molecule has 0 aliphatic carbocycles. The molecule has 5 rings (SSSR count). The van der Waals surface area contributed by atoms with Gasteiger partial charge in [0.1, 0.15) is 12.8 Å². The highest BCUT2D eigenvalue weighted by Gasteiger charge is 2.16. The maximum Gasteiger partial charge on any atom is 0.146 e. The Labute approximate surface area is 145 Å². The van der Waals surface area contributed by atoms with Gasteiger partial charge in [0.15, 0.2) is 0 Å². The van der Waals surface area contributed by atoms with Gasteiger partial charge in [-0.15, -0.1) is 0 Å². The third kappa shape index (κ3) is 2.06. The highest BCUT2D eigenvalue weighted by molar-refractivity contribution is 7.70. The van der Waals surface area contributed by atoms with Gasteiger partial charge in [0.05, 0.1) is 16.6 Å². The predicted octanol–water partition coefficient (Wildman–Crippen LogP) is 5.04. The zero-order chi connectivity index (χ0) is 17.2. The number of rotatable bonds is 1. The van der Waals surface area contributed by atoms with Crippen LogP contribution in [0, 0.1) is 0 Å². The van der Waals surface area contributed by atoms with Crippen molar-refractivity contribution in [3.05, 3.63) is 66.7 Å². The van der Waals surface area contributed by atoms with E-state index in [1.54, 1.807) is 0 Å². The van der Waals surface area contributed by atoms with Gasteiger partial charge in [0, 0.05) is 16.1 Å². The summed E-state index contributed by atoms with van der Waals surface area (Å²) in [5.74, 6) is 0.